The molecule has 32 heavy (non-hydrogen) atoms. The molecule has 1 unspecified atom stereocenters. The van der Waals surface area contributed by atoms with Crippen LogP contribution in [-0.2, 0) is 17.9 Å². The van der Waals surface area contributed by atoms with Crippen LogP contribution >= 0.6 is 23.2 Å². The first-order valence-electron chi connectivity index (χ1n) is 10.3. The van der Waals surface area contributed by atoms with Crippen LogP contribution in [0.2, 0.25) is 10.0 Å². The van der Waals surface area contributed by atoms with Gasteiger partial charge in [-0.25, -0.2) is 9.79 Å². The Bertz CT molecular complexity index is 1040. The van der Waals surface area contributed by atoms with E-state index in [0.29, 0.717) is 36.1 Å². The van der Waals surface area contributed by atoms with Crippen LogP contribution in [0.4, 0.5) is 10.5 Å². The van der Waals surface area contributed by atoms with Crippen molar-refractivity contribution in [2.24, 2.45) is 16.6 Å². The van der Waals surface area contributed by atoms with Gasteiger partial charge in [0.1, 0.15) is 5.54 Å². The van der Waals surface area contributed by atoms with Gasteiger partial charge in [0.15, 0.2) is 5.96 Å². The molecule has 2 aromatic carbocycles. The summed E-state index contributed by atoms with van der Waals surface area (Å²) in [5.74, 6) is 0.505. The number of anilines is 1. The third-order valence-electron chi connectivity index (χ3n) is 5.17. The van der Waals surface area contributed by atoms with Crippen LogP contribution in [0.25, 0.3) is 0 Å². The van der Waals surface area contributed by atoms with Gasteiger partial charge in [0.05, 0.1) is 22.3 Å². The van der Waals surface area contributed by atoms with Crippen LogP contribution in [0, 0.1) is 5.92 Å². The number of halogens is 2. The average molecular weight is 476 g/mol. The highest BCUT2D eigenvalue weighted by molar-refractivity contribution is 6.43. The molecule has 0 radical (unpaired) electrons. The van der Waals surface area contributed by atoms with Crippen LogP contribution in [0.15, 0.2) is 47.5 Å². The van der Waals surface area contributed by atoms with Crippen molar-refractivity contribution in [1.29, 1.82) is 0 Å². The lowest BCUT2D eigenvalue weighted by atomic mass is 9.91. The largest absolute Gasteiger partial charge is 0.369 e. The van der Waals surface area contributed by atoms with Crippen molar-refractivity contribution in [2.45, 2.75) is 45.8 Å². The quantitative estimate of drug-likeness (QED) is 0.537. The number of aliphatic imine (C=N–C) groups is 1. The highest BCUT2D eigenvalue weighted by Crippen LogP contribution is 2.30. The summed E-state index contributed by atoms with van der Waals surface area (Å²) in [6.07, 6.45) is 0.649. The minimum absolute atomic E-state index is 0.0780. The fourth-order valence-corrected chi connectivity index (χ4v) is 4.08. The zero-order valence-corrected chi connectivity index (χ0v) is 19.8. The lowest BCUT2D eigenvalue weighted by Crippen LogP contribution is -2.43. The smallest absolute Gasteiger partial charge is 0.319 e. The molecular weight excluding hydrogens is 449 g/mol. The zero-order valence-electron chi connectivity index (χ0n) is 18.3. The number of hydrogen-bond donors (Lipinski definition) is 3. The van der Waals surface area contributed by atoms with E-state index in [1.165, 1.54) is 4.90 Å². The topological polar surface area (TPSA) is 99.8 Å². The van der Waals surface area contributed by atoms with E-state index in [0.717, 1.165) is 11.1 Å². The van der Waals surface area contributed by atoms with Crippen molar-refractivity contribution in [2.75, 3.05) is 5.32 Å². The summed E-state index contributed by atoms with van der Waals surface area (Å²) < 4.78 is 0. The van der Waals surface area contributed by atoms with E-state index in [2.05, 4.69) is 29.5 Å². The van der Waals surface area contributed by atoms with E-state index in [9.17, 15) is 9.59 Å². The third kappa shape index (κ3) is 5.53. The van der Waals surface area contributed by atoms with E-state index in [1.807, 2.05) is 31.2 Å². The average Bonchev–Trinajstić information content (AvgIpc) is 2.93. The minimum Gasteiger partial charge on any atom is -0.369 e. The predicted molar refractivity (Wildman–Crippen MR) is 129 cm³/mol. The Hall–Kier alpha value is -2.77. The second-order valence-corrected chi connectivity index (χ2v) is 9.24. The molecule has 9 heteroatoms. The van der Waals surface area contributed by atoms with Crippen molar-refractivity contribution in [3.05, 3.63) is 63.6 Å². The van der Waals surface area contributed by atoms with Crippen LogP contribution < -0.4 is 16.4 Å². The lowest BCUT2D eigenvalue weighted by Gasteiger charge is -2.23. The Morgan fingerprint density at radius 3 is 2.47 bits per heavy atom. The number of nitrogens with zero attached hydrogens (tertiary/aromatic N) is 2. The first kappa shape index (κ1) is 23.9. The monoisotopic (exact) mass is 475 g/mol. The number of carbonyl (C=O) groups excluding carboxylic acids is 2. The minimum atomic E-state index is -0.804. The molecule has 0 aliphatic carbocycles. The summed E-state index contributed by atoms with van der Waals surface area (Å²) in [5.41, 5.74) is 7.50. The molecule has 170 valence electrons. The summed E-state index contributed by atoms with van der Waals surface area (Å²) in [6.45, 7) is 6.62. The maximum Gasteiger partial charge on any atom is 0.319 e. The number of rotatable bonds is 7. The Kier molecular flexibility index (Phi) is 7.31. The normalized spacial score (nSPS) is 18.1. The molecule has 0 spiro atoms. The molecule has 7 nitrogen and oxygen atoms in total. The van der Waals surface area contributed by atoms with E-state index in [-0.39, 0.29) is 16.9 Å². The third-order valence-corrected chi connectivity index (χ3v) is 5.98. The molecule has 3 amide bonds. The van der Waals surface area contributed by atoms with Gasteiger partial charge in [-0.15, -0.1) is 0 Å². The van der Waals surface area contributed by atoms with Gasteiger partial charge in [-0.2, -0.15) is 0 Å². The highest BCUT2D eigenvalue weighted by atomic mass is 35.5. The van der Waals surface area contributed by atoms with Gasteiger partial charge in [-0.3, -0.25) is 9.69 Å². The molecule has 0 saturated heterocycles. The second kappa shape index (κ2) is 9.79. The Morgan fingerprint density at radius 2 is 1.81 bits per heavy atom. The van der Waals surface area contributed by atoms with Crippen LogP contribution in [0.1, 0.15) is 38.3 Å². The molecule has 0 saturated carbocycles. The molecule has 1 aliphatic heterocycles. The van der Waals surface area contributed by atoms with Gasteiger partial charge in [0, 0.05) is 6.54 Å². The first-order valence-corrected chi connectivity index (χ1v) is 11.1. The number of hydrogen-bond acceptors (Lipinski definition) is 4. The molecule has 0 aromatic heterocycles. The molecule has 1 atom stereocenters. The van der Waals surface area contributed by atoms with Crippen molar-refractivity contribution in [3.8, 4) is 0 Å². The van der Waals surface area contributed by atoms with E-state index < -0.39 is 11.6 Å². The number of guanidine groups is 1. The van der Waals surface area contributed by atoms with Crippen LogP contribution in [0.3, 0.4) is 0 Å². The molecule has 3 rings (SSSR count). The molecule has 1 heterocycles. The number of benzene rings is 2. The van der Waals surface area contributed by atoms with Crippen molar-refractivity contribution < 1.29 is 9.59 Å². The molecular formula is C23H27Cl2N5O2. The number of urea groups is 1. The zero-order chi connectivity index (χ0) is 23.5. The summed E-state index contributed by atoms with van der Waals surface area (Å²) in [6, 6.07) is 12.2. The van der Waals surface area contributed by atoms with Crippen molar-refractivity contribution >= 4 is 46.8 Å². The molecule has 2 aromatic rings. The number of nitrogens with one attached hydrogen (secondary N) is 2. The van der Waals surface area contributed by atoms with Gasteiger partial charge >= 0.3 is 6.03 Å². The van der Waals surface area contributed by atoms with Gasteiger partial charge in [-0.1, -0.05) is 67.4 Å². The Labute approximate surface area is 198 Å². The molecule has 4 N–H and O–H groups in total. The molecule has 0 bridgehead atoms. The number of amides is 3. The van der Waals surface area contributed by atoms with Crippen LogP contribution in [0.5, 0.6) is 0 Å². The standard InChI is InChI=1S/C23H27Cl2N5O2/c1-14(2)11-23(3)20(31)30(21(26)29-23)13-16-9-7-15(8-10-16)12-27-22(32)28-18-6-4-5-17(24)19(18)25/h4-10,14H,11-13H2,1-3H3,(H2,26,29)(H2,27,28,32). The number of nitrogens with two attached hydrogens (primary N) is 1. The lowest BCUT2D eigenvalue weighted by molar-refractivity contribution is -0.131. The van der Waals surface area contributed by atoms with E-state index >= 15 is 0 Å². The fourth-order valence-electron chi connectivity index (χ4n) is 3.73. The summed E-state index contributed by atoms with van der Waals surface area (Å²) in [7, 11) is 0. The summed E-state index contributed by atoms with van der Waals surface area (Å²) >= 11 is 12.0. The number of carbonyl (C=O) groups is 2. The van der Waals surface area contributed by atoms with Gasteiger partial charge in [0.25, 0.3) is 5.91 Å². The van der Waals surface area contributed by atoms with Gasteiger partial charge < -0.3 is 16.4 Å². The van der Waals surface area contributed by atoms with E-state index in [4.69, 9.17) is 28.9 Å². The van der Waals surface area contributed by atoms with E-state index in [1.54, 1.807) is 18.2 Å². The SMILES string of the molecule is CC(C)CC1(C)N=C(N)N(Cc2ccc(CNC(=O)Nc3cccc(Cl)c3Cl)cc2)C1=O. The second-order valence-electron chi connectivity index (χ2n) is 8.46. The predicted octanol–water partition coefficient (Wildman–Crippen LogP) is 4.78. The molecule has 0 fully saturated rings. The van der Waals surface area contributed by atoms with Gasteiger partial charge in [0.2, 0.25) is 0 Å². The van der Waals surface area contributed by atoms with Crippen LogP contribution in [-0.4, -0.2) is 28.3 Å². The van der Waals surface area contributed by atoms with Gasteiger partial charge in [-0.05, 0) is 42.5 Å². The van der Waals surface area contributed by atoms with Crippen molar-refractivity contribution in [3.63, 3.8) is 0 Å². The fraction of sp³-hybridized carbons (Fsp3) is 0.348. The maximum atomic E-state index is 12.9. The summed E-state index contributed by atoms with van der Waals surface area (Å²) in [4.78, 5) is 31.0. The maximum absolute atomic E-state index is 12.9. The molecule has 1 aliphatic rings. The Balaban J connectivity index is 1.55. The van der Waals surface area contributed by atoms with Crippen molar-refractivity contribution in [1.82, 2.24) is 10.2 Å². The summed E-state index contributed by atoms with van der Waals surface area (Å²) in [5, 5.41) is 6.10. The Morgan fingerprint density at radius 1 is 1.16 bits per heavy atom. The first-order chi connectivity index (χ1) is 15.1. The highest BCUT2D eigenvalue weighted by Gasteiger charge is 2.43.